The number of dihydropyridines is 1. The monoisotopic (exact) mass is 439 g/mol. The van der Waals surface area contributed by atoms with Gasteiger partial charge in [-0.15, -0.1) is 11.3 Å². The van der Waals surface area contributed by atoms with Crippen LogP contribution < -0.4 is 14.8 Å². The number of nitrogens with one attached hydrogen (secondary N) is 1. The van der Waals surface area contributed by atoms with E-state index in [1.54, 1.807) is 31.6 Å². The molecule has 2 aliphatic rings. The number of ether oxygens (including phenoxy) is 3. The molecule has 162 valence electrons. The van der Waals surface area contributed by atoms with Crippen LogP contribution in [0.4, 0.5) is 0 Å². The first-order chi connectivity index (χ1) is 15.0. The number of esters is 1. The molecular weight excluding hydrogens is 414 g/mol. The van der Waals surface area contributed by atoms with Crippen molar-refractivity contribution in [2.24, 2.45) is 0 Å². The van der Waals surface area contributed by atoms with E-state index in [1.165, 1.54) is 12.0 Å². The van der Waals surface area contributed by atoms with Crippen LogP contribution in [0.5, 0.6) is 11.5 Å². The van der Waals surface area contributed by atoms with E-state index >= 15 is 0 Å². The lowest BCUT2D eigenvalue weighted by Crippen LogP contribution is -2.36. The summed E-state index contributed by atoms with van der Waals surface area (Å²) in [6, 6.07) is 9.58. The highest BCUT2D eigenvalue weighted by Gasteiger charge is 2.42. The van der Waals surface area contributed by atoms with Gasteiger partial charge < -0.3 is 19.5 Å². The SMILES string of the molecule is COC(=O)C1=C(C)NC2=C(C(=O)C[C@H](c3cccs3)C2)[C@@H]1c1cccc(OC)c1OC. The fourth-order valence-corrected chi connectivity index (χ4v) is 5.43. The van der Waals surface area contributed by atoms with Gasteiger partial charge in [-0.3, -0.25) is 4.79 Å². The third kappa shape index (κ3) is 3.63. The summed E-state index contributed by atoms with van der Waals surface area (Å²) in [7, 11) is 4.47. The molecule has 2 aromatic rings. The maximum atomic E-state index is 13.5. The minimum Gasteiger partial charge on any atom is -0.493 e. The van der Waals surface area contributed by atoms with Crippen LogP contribution in [0.25, 0.3) is 0 Å². The standard InChI is InChI=1S/C24H25NO5S/c1-13-20(24(27)30-4)21(15-7-5-8-18(28-2)23(15)29-3)22-16(25-13)11-14(12-17(22)26)19-9-6-10-31-19/h5-10,14,21,25H,11-12H2,1-4H3/t14-,21-/m1/s1. The van der Waals surface area contributed by atoms with E-state index in [1.807, 2.05) is 30.5 Å². The highest BCUT2D eigenvalue weighted by atomic mass is 32.1. The molecule has 4 rings (SSSR count). The van der Waals surface area contributed by atoms with Crippen LogP contribution in [0.2, 0.25) is 0 Å². The molecule has 0 spiro atoms. The van der Waals surface area contributed by atoms with Crippen molar-refractivity contribution in [1.29, 1.82) is 0 Å². The summed E-state index contributed by atoms with van der Waals surface area (Å²) in [6.07, 6.45) is 1.10. The number of benzene rings is 1. The molecule has 0 unspecified atom stereocenters. The average Bonchev–Trinajstić information content (AvgIpc) is 3.31. The fourth-order valence-electron chi connectivity index (χ4n) is 4.59. The van der Waals surface area contributed by atoms with Crippen LogP contribution in [0.3, 0.4) is 0 Å². The first-order valence-electron chi connectivity index (χ1n) is 10.1. The zero-order valence-corrected chi connectivity index (χ0v) is 18.8. The van der Waals surface area contributed by atoms with E-state index in [4.69, 9.17) is 14.2 Å². The number of ketones is 1. The van der Waals surface area contributed by atoms with Gasteiger partial charge in [0.1, 0.15) is 0 Å². The Labute approximate surface area is 185 Å². The number of thiophene rings is 1. The van der Waals surface area contributed by atoms with Gasteiger partial charge in [0, 0.05) is 39.7 Å². The van der Waals surface area contributed by atoms with Crippen LogP contribution in [-0.4, -0.2) is 33.1 Å². The zero-order valence-electron chi connectivity index (χ0n) is 18.0. The van der Waals surface area contributed by atoms with Gasteiger partial charge in [0.25, 0.3) is 0 Å². The summed E-state index contributed by atoms with van der Waals surface area (Å²) < 4.78 is 16.2. The third-order valence-corrected chi connectivity index (χ3v) is 6.96. The van der Waals surface area contributed by atoms with Crippen LogP contribution in [-0.2, 0) is 14.3 Å². The van der Waals surface area contributed by atoms with Crippen LogP contribution in [0.1, 0.15) is 42.0 Å². The molecule has 1 N–H and O–H groups in total. The number of para-hydroxylation sites is 1. The Hall–Kier alpha value is -3.06. The van der Waals surface area contributed by atoms with Crippen molar-refractivity contribution in [3.05, 3.63) is 68.7 Å². The molecule has 0 amide bonds. The highest BCUT2D eigenvalue weighted by molar-refractivity contribution is 7.10. The summed E-state index contributed by atoms with van der Waals surface area (Å²) in [6.45, 7) is 1.84. The second kappa shape index (κ2) is 8.59. The van der Waals surface area contributed by atoms with Gasteiger partial charge >= 0.3 is 5.97 Å². The molecule has 31 heavy (non-hydrogen) atoms. The van der Waals surface area contributed by atoms with Gasteiger partial charge in [-0.25, -0.2) is 4.79 Å². The smallest absolute Gasteiger partial charge is 0.336 e. The molecule has 1 aromatic carbocycles. The molecule has 0 fully saturated rings. The van der Waals surface area contributed by atoms with E-state index in [0.717, 1.165) is 5.70 Å². The molecule has 1 aliphatic heterocycles. The number of rotatable bonds is 5. The maximum absolute atomic E-state index is 13.5. The topological polar surface area (TPSA) is 73.9 Å². The molecule has 6 nitrogen and oxygen atoms in total. The van der Waals surface area contributed by atoms with Crippen molar-refractivity contribution in [2.75, 3.05) is 21.3 Å². The third-order valence-electron chi connectivity index (χ3n) is 5.92. The van der Waals surface area contributed by atoms with Crippen molar-refractivity contribution in [1.82, 2.24) is 5.32 Å². The molecule has 0 saturated carbocycles. The number of methoxy groups -OCH3 is 3. The molecule has 0 saturated heterocycles. The molecule has 1 aromatic heterocycles. The van der Waals surface area contributed by atoms with Gasteiger partial charge in [0.05, 0.1) is 32.8 Å². The summed E-state index contributed by atoms with van der Waals surface area (Å²) in [5, 5.41) is 5.37. The number of carbonyl (C=O) groups is 2. The Balaban J connectivity index is 1.89. The summed E-state index contributed by atoms with van der Waals surface area (Å²) in [5.41, 5.74) is 3.26. The van der Waals surface area contributed by atoms with Crippen molar-refractivity contribution < 1.29 is 23.8 Å². The number of allylic oxidation sites excluding steroid dienone is 3. The quantitative estimate of drug-likeness (QED) is 0.701. The van der Waals surface area contributed by atoms with E-state index in [9.17, 15) is 9.59 Å². The van der Waals surface area contributed by atoms with Crippen molar-refractivity contribution in [3.63, 3.8) is 0 Å². The van der Waals surface area contributed by atoms with Gasteiger partial charge in [-0.1, -0.05) is 18.2 Å². The fraction of sp³-hybridized carbons (Fsp3) is 0.333. The number of hydrogen-bond donors (Lipinski definition) is 1. The average molecular weight is 440 g/mol. The molecule has 2 heterocycles. The predicted octanol–water partition coefficient (Wildman–Crippen LogP) is 4.30. The Bertz CT molecular complexity index is 1080. The first kappa shape index (κ1) is 21.2. The van der Waals surface area contributed by atoms with Gasteiger partial charge in [-0.05, 0) is 30.9 Å². The minimum atomic E-state index is -0.592. The Morgan fingerprint density at radius 1 is 1.10 bits per heavy atom. The number of carbonyl (C=O) groups excluding carboxylic acids is 2. The van der Waals surface area contributed by atoms with Gasteiger partial charge in [0.2, 0.25) is 0 Å². The second-order valence-electron chi connectivity index (χ2n) is 7.61. The zero-order chi connectivity index (χ0) is 22.1. The Morgan fingerprint density at radius 2 is 1.90 bits per heavy atom. The van der Waals surface area contributed by atoms with E-state index in [-0.39, 0.29) is 11.7 Å². The largest absolute Gasteiger partial charge is 0.493 e. The van der Waals surface area contributed by atoms with Crippen LogP contribution in [0, 0.1) is 0 Å². The van der Waals surface area contributed by atoms with Gasteiger partial charge in [-0.2, -0.15) is 0 Å². The first-order valence-corrected chi connectivity index (χ1v) is 10.9. The normalized spacial score (nSPS) is 20.8. The molecule has 7 heteroatoms. The predicted molar refractivity (Wildman–Crippen MR) is 118 cm³/mol. The van der Waals surface area contributed by atoms with E-state index in [2.05, 4.69) is 11.4 Å². The summed E-state index contributed by atoms with van der Waals surface area (Å²) in [5.74, 6) is 0.133. The van der Waals surface area contributed by atoms with Crippen molar-refractivity contribution >= 4 is 23.1 Å². The molecule has 2 atom stereocenters. The highest BCUT2D eigenvalue weighted by Crippen LogP contribution is 2.49. The lowest BCUT2D eigenvalue weighted by Gasteiger charge is -2.36. The lowest BCUT2D eigenvalue weighted by atomic mass is 9.72. The van der Waals surface area contributed by atoms with E-state index < -0.39 is 11.9 Å². The van der Waals surface area contributed by atoms with Crippen LogP contribution in [0.15, 0.2) is 58.3 Å². The van der Waals surface area contributed by atoms with Gasteiger partial charge in [0.15, 0.2) is 17.3 Å². The van der Waals surface area contributed by atoms with Crippen LogP contribution >= 0.6 is 11.3 Å². The van der Waals surface area contributed by atoms with Crippen molar-refractivity contribution in [3.8, 4) is 11.5 Å². The number of Topliss-reactive ketones (excluding diaryl/α,β-unsaturated/α-hetero) is 1. The summed E-state index contributed by atoms with van der Waals surface area (Å²) in [4.78, 5) is 27.5. The molecule has 0 radical (unpaired) electrons. The molecule has 0 bridgehead atoms. The minimum absolute atomic E-state index is 0.0240. The maximum Gasteiger partial charge on any atom is 0.336 e. The van der Waals surface area contributed by atoms with E-state index in [0.29, 0.717) is 46.7 Å². The number of hydrogen-bond acceptors (Lipinski definition) is 7. The Morgan fingerprint density at radius 3 is 2.55 bits per heavy atom. The lowest BCUT2D eigenvalue weighted by molar-refractivity contribution is -0.136. The van der Waals surface area contributed by atoms with Crippen molar-refractivity contribution in [2.45, 2.75) is 31.6 Å². The molecule has 1 aliphatic carbocycles. The molecular formula is C24H25NO5S. The summed E-state index contributed by atoms with van der Waals surface area (Å²) >= 11 is 1.66. The Kier molecular flexibility index (Phi) is 5.87. The second-order valence-corrected chi connectivity index (χ2v) is 8.59.